The van der Waals surface area contributed by atoms with Crippen molar-refractivity contribution in [3.05, 3.63) is 12.2 Å². The summed E-state index contributed by atoms with van der Waals surface area (Å²) in [6.45, 7) is 3.97. The van der Waals surface area contributed by atoms with E-state index in [1.54, 1.807) is 0 Å². The first-order chi connectivity index (χ1) is 8.62. The van der Waals surface area contributed by atoms with Crippen molar-refractivity contribution in [2.45, 2.75) is 58.3 Å². The minimum absolute atomic E-state index is 0.302. The van der Waals surface area contributed by atoms with Gasteiger partial charge in [0.15, 0.2) is 0 Å². The van der Waals surface area contributed by atoms with Gasteiger partial charge in [0.25, 0.3) is 0 Å². The van der Waals surface area contributed by atoms with Gasteiger partial charge in [0, 0.05) is 11.8 Å². The van der Waals surface area contributed by atoms with Crippen LogP contribution in [-0.4, -0.2) is 24.3 Å². The fourth-order valence-corrected chi connectivity index (χ4v) is 2.13. The van der Waals surface area contributed by atoms with Crippen molar-refractivity contribution >= 4 is 5.97 Å². The highest BCUT2D eigenvalue weighted by atomic mass is 16.5. The highest BCUT2D eigenvalue weighted by molar-refractivity contribution is 5.66. The lowest BCUT2D eigenvalue weighted by atomic mass is 9.88. The van der Waals surface area contributed by atoms with Gasteiger partial charge in [0.1, 0.15) is 0 Å². The summed E-state index contributed by atoms with van der Waals surface area (Å²) in [5.74, 6) is -0.673. The Labute approximate surface area is 110 Å². The van der Waals surface area contributed by atoms with Crippen molar-refractivity contribution in [3.63, 3.8) is 0 Å². The SMILES string of the molecule is CC1(/C=C/CCCCCCCCC(=O)O)COC1. The van der Waals surface area contributed by atoms with Gasteiger partial charge in [0.05, 0.1) is 13.2 Å². The van der Waals surface area contributed by atoms with Crippen molar-refractivity contribution in [1.29, 1.82) is 0 Å². The zero-order valence-electron chi connectivity index (χ0n) is 11.5. The Balaban J connectivity index is 1.82. The Hall–Kier alpha value is -0.830. The van der Waals surface area contributed by atoms with Crippen LogP contribution in [0, 0.1) is 5.41 Å². The van der Waals surface area contributed by atoms with Gasteiger partial charge in [-0.3, -0.25) is 4.79 Å². The summed E-state index contributed by atoms with van der Waals surface area (Å²) in [6.07, 6.45) is 12.8. The topological polar surface area (TPSA) is 46.5 Å². The predicted molar refractivity (Wildman–Crippen MR) is 72.6 cm³/mol. The Morgan fingerprint density at radius 1 is 1.17 bits per heavy atom. The fraction of sp³-hybridized carbons (Fsp3) is 0.800. The van der Waals surface area contributed by atoms with E-state index in [2.05, 4.69) is 19.1 Å². The number of hydrogen-bond acceptors (Lipinski definition) is 2. The average molecular weight is 254 g/mol. The smallest absolute Gasteiger partial charge is 0.303 e. The highest BCUT2D eigenvalue weighted by Crippen LogP contribution is 2.28. The van der Waals surface area contributed by atoms with E-state index in [9.17, 15) is 4.79 Å². The molecule has 0 aliphatic carbocycles. The molecule has 104 valence electrons. The van der Waals surface area contributed by atoms with E-state index in [1.807, 2.05) is 0 Å². The molecular formula is C15H26O3. The van der Waals surface area contributed by atoms with E-state index >= 15 is 0 Å². The molecule has 3 heteroatoms. The van der Waals surface area contributed by atoms with E-state index in [0.29, 0.717) is 11.8 Å². The molecule has 1 aliphatic rings. The third kappa shape index (κ3) is 6.80. The first kappa shape index (κ1) is 15.2. The van der Waals surface area contributed by atoms with E-state index in [-0.39, 0.29) is 0 Å². The highest BCUT2D eigenvalue weighted by Gasteiger charge is 2.29. The number of unbranched alkanes of at least 4 members (excludes halogenated alkanes) is 6. The summed E-state index contributed by atoms with van der Waals surface area (Å²) in [6, 6.07) is 0. The van der Waals surface area contributed by atoms with Gasteiger partial charge in [-0.15, -0.1) is 0 Å². The second kappa shape index (κ2) is 8.30. The molecule has 0 aromatic rings. The molecule has 3 nitrogen and oxygen atoms in total. The number of ether oxygens (including phenoxy) is 1. The zero-order chi connectivity index (χ0) is 13.3. The van der Waals surface area contributed by atoms with Crippen LogP contribution in [0.15, 0.2) is 12.2 Å². The fourth-order valence-electron chi connectivity index (χ4n) is 2.13. The molecule has 1 fully saturated rings. The quantitative estimate of drug-likeness (QED) is 0.476. The number of carboxylic acid groups (broad SMARTS) is 1. The van der Waals surface area contributed by atoms with Crippen LogP contribution in [0.3, 0.4) is 0 Å². The van der Waals surface area contributed by atoms with Crippen molar-refractivity contribution in [3.8, 4) is 0 Å². The first-order valence-electron chi connectivity index (χ1n) is 7.10. The van der Waals surface area contributed by atoms with Gasteiger partial charge in [0.2, 0.25) is 0 Å². The molecule has 18 heavy (non-hydrogen) atoms. The molecule has 0 bridgehead atoms. The molecule has 1 saturated heterocycles. The predicted octanol–water partition coefficient (Wildman–Crippen LogP) is 3.78. The Bertz CT molecular complexity index is 267. The molecule has 1 rings (SSSR count). The molecule has 1 N–H and O–H groups in total. The van der Waals surface area contributed by atoms with Crippen LogP contribution in [-0.2, 0) is 9.53 Å². The molecule has 0 aromatic carbocycles. The standard InChI is InChI=1S/C15H26O3/c1-15(12-18-13-15)11-9-7-5-3-2-4-6-8-10-14(16)17/h9,11H,2-8,10,12-13H2,1H3,(H,16,17)/b11-9+. The lowest BCUT2D eigenvalue weighted by Gasteiger charge is -2.35. The third-order valence-electron chi connectivity index (χ3n) is 3.40. The van der Waals surface area contributed by atoms with Crippen molar-refractivity contribution in [1.82, 2.24) is 0 Å². The summed E-state index contributed by atoms with van der Waals surface area (Å²) >= 11 is 0. The van der Waals surface area contributed by atoms with Crippen LogP contribution in [0.2, 0.25) is 0 Å². The minimum Gasteiger partial charge on any atom is -0.481 e. The largest absolute Gasteiger partial charge is 0.481 e. The summed E-state index contributed by atoms with van der Waals surface area (Å²) in [5.41, 5.74) is 0.302. The Kier molecular flexibility index (Phi) is 7.02. The molecule has 0 radical (unpaired) electrons. The number of allylic oxidation sites excluding steroid dienone is 1. The zero-order valence-corrected chi connectivity index (χ0v) is 11.5. The third-order valence-corrected chi connectivity index (χ3v) is 3.40. The number of hydrogen-bond donors (Lipinski definition) is 1. The van der Waals surface area contributed by atoms with Crippen LogP contribution in [0.1, 0.15) is 58.3 Å². The first-order valence-corrected chi connectivity index (χ1v) is 7.10. The van der Waals surface area contributed by atoms with E-state index in [1.165, 1.54) is 25.7 Å². The average Bonchev–Trinajstić information content (AvgIpc) is 2.29. The van der Waals surface area contributed by atoms with Crippen molar-refractivity contribution in [2.75, 3.05) is 13.2 Å². The molecular weight excluding hydrogens is 228 g/mol. The molecule has 1 heterocycles. The van der Waals surface area contributed by atoms with Crippen molar-refractivity contribution in [2.24, 2.45) is 5.41 Å². The summed E-state index contributed by atoms with van der Waals surface area (Å²) in [5, 5.41) is 8.49. The van der Waals surface area contributed by atoms with Crippen LogP contribution in [0.4, 0.5) is 0 Å². The maximum atomic E-state index is 10.3. The minimum atomic E-state index is -0.673. The second-order valence-corrected chi connectivity index (χ2v) is 5.60. The lowest BCUT2D eigenvalue weighted by molar-refractivity contribution is -0.137. The van der Waals surface area contributed by atoms with Gasteiger partial charge in [-0.25, -0.2) is 0 Å². The molecule has 0 amide bonds. The molecule has 0 atom stereocenters. The van der Waals surface area contributed by atoms with E-state index in [4.69, 9.17) is 9.84 Å². The van der Waals surface area contributed by atoms with Gasteiger partial charge < -0.3 is 9.84 Å². The monoisotopic (exact) mass is 254 g/mol. The molecule has 1 aliphatic heterocycles. The van der Waals surface area contributed by atoms with Crippen LogP contribution >= 0.6 is 0 Å². The molecule has 0 saturated carbocycles. The Morgan fingerprint density at radius 2 is 1.78 bits per heavy atom. The number of rotatable bonds is 10. The van der Waals surface area contributed by atoms with Crippen LogP contribution in [0.5, 0.6) is 0 Å². The van der Waals surface area contributed by atoms with E-state index < -0.39 is 5.97 Å². The number of carboxylic acids is 1. The molecule has 0 spiro atoms. The van der Waals surface area contributed by atoms with Crippen LogP contribution in [0.25, 0.3) is 0 Å². The lowest BCUT2D eigenvalue weighted by Crippen LogP contribution is -2.37. The molecule has 0 aromatic heterocycles. The number of aliphatic carboxylic acids is 1. The van der Waals surface area contributed by atoms with Crippen molar-refractivity contribution < 1.29 is 14.6 Å². The van der Waals surface area contributed by atoms with Gasteiger partial charge in [-0.05, 0) is 19.3 Å². The summed E-state index contributed by atoms with van der Waals surface area (Å²) in [7, 11) is 0. The van der Waals surface area contributed by atoms with Crippen LogP contribution < -0.4 is 0 Å². The molecule has 0 unspecified atom stereocenters. The van der Waals surface area contributed by atoms with Gasteiger partial charge in [-0.2, -0.15) is 0 Å². The summed E-state index contributed by atoms with van der Waals surface area (Å²) < 4.78 is 5.19. The number of carbonyl (C=O) groups is 1. The maximum Gasteiger partial charge on any atom is 0.303 e. The summed E-state index contributed by atoms with van der Waals surface area (Å²) in [4.78, 5) is 10.3. The second-order valence-electron chi connectivity index (χ2n) is 5.60. The normalized spacial score (nSPS) is 17.8. The van der Waals surface area contributed by atoms with Gasteiger partial charge in [-0.1, -0.05) is 44.8 Å². The van der Waals surface area contributed by atoms with E-state index in [0.717, 1.165) is 32.5 Å². The maximum absolute atomic E-state index is 10.3. The van der Waals surface area contributed by atoms with Gasteiger partial charge >= 0.3 is 5.97 Å². The Morgan fingerprint density at radius 3 is 2.33 bits per heavy atom.